The number of halogens is 1. The van der Waals surface area contributed by atoms with Gasteiger partial charge in [-0.3, -0.25) is 14.7 Å². The summed E-state index contributed by atoms with van der Waals surface area (Å²) in [6.45, 7) is 5.59. The van der Waals surface area contributed by atoms with Crippen molar-refractivity contribution in [1.82, 2.24) is 9.88 Å². The first-order chi connectivity index (χ1) is 17.5. The SMILES string of the molecule is C=C[C@H](Cc1ccccc1)N1CC[C@@H](CC[C@@H](F)c2ccnc3ccc(OC)cc23)[C@@H](CC(=O)O)C1. The summed E-state index contributed by atoms with van der Waals surface area (Å²) in [6.07, 6.45) is 5.27. The number of piperidine rings is 1. The maximum absolute atomic E-state index is 15.5. The zero-order chi connectivity index (χ0) is 25.5. The average Bonchev–Trinajstić information content (AvgIpc) is 2.90. The summed E-state index contributed by atoms with van der Waals surface area (Å²) >= 11 is 0. The quantitative estimate of drug-likeness (QED) is 0.322. The highest BCUT2D eigenvalue weighted by Crippen LogP contribution is 2.37. The fourth-order valence-electron chi connectivity index (χ4n) is 5.53. The number of benzene rings is 2. The van der Waals surface area contributed by atoms with Gasteiger partial charge in [0.2, 0.25) is 0 Å². The van der Waals surface area contributed by atoms with Gasteiger partial charge in [-0.05, 0) is 79.5 Å². The number of rotatable bonds is 11. The van der Waals surface area contributed by atoms with Crippen LogP contribution in [0.5, 0.6) is 5.75 Å². The molecule has 1 aliphatic heterocycles. The molecule has 2 heterocycles. The summed E-state index contributed by atoms with van der Waals surface area (Å²) in [7, 11) is 1.59. The van der Waals surface area contributed by atoms with Crippen LogP contribution in [0.25, 0.3) is 10.9 Å². The lowest BCUT2D eigenvalue weighted by molar-refractivity contribution is -0.139. The van der Waals surface area contributed by atoms with Gasteiger partial charge < -0.3 is 9.84 Å². The standard InChI is InChI=1S/C30H35FN2O3/c1-3-24(17-21-7-5-4-6-8-21)33-16-14-22(23(20-33)18-30(34)35)9-11-28(31)26-13-15-32-29-12-10-25(36-2)19-27(26)29/h3-8,10,12-13,15,19,22-24,28H,1,9,11,14,16-18,20H2,2H3,(H,34,35)/t22-,23+,24-,28-/m1/s1. The topological polar surface area (TPSA) is 62.7 Å². The number of likely N-dealkylation sites (tertiary alicyclic amines) is 1. The molecule has 0 bridgehead atoms. The number of carbonyl (C=O) groups is 1. The van der Waals surface area contributed by atoms with Crippen LogP contribution in [0.4, 0.5) is 4.39 Å². The van der Waals surface area contributed by atoms with E-state index in [0.29, 0.717) is 30.7 Å². The Balaban J connectivity index is 1.43. The van der Waals surface area contributed by atoms with E-state index in [2.05, 4.69) is 28.6 Å². The van der Waals surface area contributed by atoms with Crippen LogP contribution < -0.4 is 4.74 Å². The second-order valence-corrected chi connectivity index (χ2v) is 9.72. The first-order valence-electron chi connectivity index (χ1n) is 12.7. The van der Waals surface area contributed by atoms with Crippen LogP contribution in [-0.2, 0) is 11.2 Å². The zero-order valence-corrected chi connectivity index (χ0v) is 20.9. The van der Waals surface area contributed by atoms with Crippen molar-refractivity contribution in [3.05, 3.63) is 84.6 Å². The number of aliphatic carboxylic acids is 1. The van der Waals surface area contributed by atoms with Crippen LogP contribution in [0.15, 0.2) is 73.4 Å². The third kappa shape index (κ3) is 6.30. The summed E-state index contributed by atoms with van der Waals surface area (Å²) in [5, 5.41) is 10.4. The first kappa shape index (κ1) is 25.8. The van der Waals surface area contributed by atoms with Crippen molar-refractivity contribution in [2.24, 2.45) is 11.8 Å². The molecule has 0 aliphatic carbocycles. The molecule has 0 saturated carbocycles. The van der Waals surface area contributed by atoms with Gasteiger partial charge in [-0.25, -0.2) is 4.39 Å². The molecule has 1 aromatic heterocycles. The van der Waals surface area contributed by atoms with Gasteiger partial charge in [0.15, 0.2) is 0 Å². The van der Waals surface area contributed by atoms with Crippen LogP contribution in [0, 0.1) is 11.8 Å². The molecule has 0 spiro atoms. The summed E-state index contributed by atoms with van der Waals surface area (Å²) in [6, 6.07) is 17.7. The van der Waals surface area contributed by atoms with Gasteiger partial charge in [0.25, 0.3) is 0 Å². The van der Waals surface area contributed by atoms with Crippen LogP contribution >= 0.6 is 0 Å². The van der Waals surface area contributed by atoms with E-state index in [4.69, 9.17) is 4.74 Å². The second kappa shape index (κ2) is 12.1. The number of hydrogen-bond acceptors (Lipinski definition) is 4. The fourth-order valence-corrected chi connectivity index (χ4v) is 5.53. The lowest BCUT2D eigenvalue weighted by Crippen LogP contribution is -2.46. The number of hydrogen-bond donors (Lipinski definition) is 1. The number of aromatic nitrogens is 1. The molecule has 0 unspecified atom stereocenters. The summed E-state index contributed by atoms with van der Waals surface area (Å²) in [5.41, 5.74) is 2.59. The van der Waals surface area contributed by atoms with Gasteiger partial charge >= 0.3 is 5.97 Å². The van der Waals surface area contributed by atoms with Crippen molar-refractivity contribution >= 4 is 16.9 Å². The Kier molecular flexibility index (Phi) is 8.70. The Hall–Kier alpha value is -3.25. The molecule has 36 heavy (non-hydrogen) atoms. The fraction of sp³-hybridized carbons (Fsp3) is 0.400. The molecule has 2 aromatic carbocycles. The average molecular weight is 491 g/mol. The number of fused-ring (bicyclic) bond motifs is 1. The predicted octanol–water partition coefficient (Wildman–Crippen LogP) is 6.24. The maximum atomic E-state index is 15.5. The molecule has 1 saturated heterocycles. The third-order valence-corrected chi connectivity index (χ3v) is 7.50. The second-order valence-electron chi connectivity index (χ2n) is 9.72. The number of carboxylic acids is 1. The predicted molar refractivity (Wildman–Crippen MR) is 141 cm³/mol. The molecule has 4 atom stereocenters. The molecule has 0 radical (unpaired) electrons. The molecular formula is C30H35FN2O3. The minimum atomic E-state index is -1.15. The van der Waals surface area contributed by atoms with Gasteiger partial charge in [-0.15, -0.1) is 6.58 Å². The van der Waals surface area contributed by atoms with Crippen molar-refractivity contribution in [2.75, 3.05) is 20.2 Å². The lowest BCUT2D eigenvalue weighted by atomic mass is 9.79. The van der Waals surface area contributed by atoms with Gasteiger partial charge in [0.05, 0.1) is 12.6 Å². The van der Waals surface area contributed by atoms with Crippen molar-refractivity contribution in [3.8, 4) is 5.75 Å². The number of pyridine rings is 1. The van der Waals surface area contributed by atoms with E-state index in [9.17, 15) is 9.90 Å². The van der Waals surface area contributed by atoms with Gasteiger partial charge in [0.1, 0.15) is 11.9 Å². The molecule has 6 heteroatoms. The van der Waals surface area contributed by atoms with Crippen molar-refractivity contribution in [1.29, 1.82) is 0 Å². The normalized spacial score (nSPS) is 20.1. The van der Waals surface area contributed by atoms with E-state index in [0.717, 1.165) is 30.3 Å². The zero-order valence-electron chi connectivity index (χ0n) is 20.9. The van der Waals surface area contributed by atoms with Gasteiger partial charge in [0, 0.05) is 30.6 Å². The van der Waals surface area contributed by atoms with Crippen molar-refractivity contribution in [3.63, 3.8) is 0 Å². The van der Waals surface area contributed by atoms with Gasteiger partial charge in [-0.2, -0.15) is 0 Å². The molecular weight excluding hydrogens is 455 g/mol. The highest BCUT2D eigenvalue weighted by molar-refractivity contribution is 5.83. The minimum Gasteiger partial charge on any atom is -0.497 e. The molecule has 1 fully saturated rings. The van der Waals surface area contributed by atoms with Crippen LogP contribution in [0.2, 0.25) is 0 Å². The van der Waals surface area contributed by atoms with Crippen molar-refractivity contribution < 1.29 is 19.0 Å². The number of ether oxygens (including phenoxy) is 1. The third-order valence-electron chi connectivity index (χ3n) is 7.50. The number of methoxy groups -OCH3 is 1. The smallest absolute Gasteiger partial charge is 0.303 e. The highest BCUT2D eigenvalue weighted by Gasteiger charge is 2.33. The van der Waals surface area contributed by atoms with Gasteiger partial charge in [-0.1, -0.05) is 36.4 Å². The Morgan fingerprint density at radius 2 is 2.06 bits per heavy atom. The van der Waals surface area contributed by atoms with E-state index in [1.165, 1.54) is 5.56 Å². The Morgan fingerprint density at radius 1 is 1.25 bits per heavy atom. The molecule has 4 rings (SSSR count). The summed E-state index contributed by atoms with van der Waals surface area (Å²) in [5.74, 6) is 0.0237. The molecule has 1 aliphatic rings. The maximum Gasteiger partial charge on any atom is 0.303 e. The Bertz CT molecular complexity index is 1170. The van der Waals surface area contributed by atoms with E-state index in [-0.39, 0.29) is 24.3 Å². The minimum absolute atomic E-state index is 0.0176. The Morgan fingerprint density at radius 3 is 2.78 bits per heavy atom. The van der Waals surface area contributed by atoms with Crippen LogP contribution in [-0.4, -0.2) is 47.2 Å². The largest absolute Gasteiger partial charge is 0.497 e. The first-order valence-corrected chi connectivity index (χ1v) is 12.7. The van der Waals surface area contributed by atoms with E-state index in [1.807, 2.05) is 42.5 Å². The Labute approximate surface area is 212 Å². The molecule has 1 N–H and O–H groups in total. The summed E-state index contributed by atoms with van der Waals surface area (Å²) in [4.78, 5) is 18.4. The number of nitrogens with zero attached hydrogens (tertiary/aromatic N) is 2. The van der Waals surface area contributed by atoms with Crippen LogP contribution in [0.3, 0.4) is 0 Å². The number of alkyl halides is 1. The van der Waals surface area contributed by atoms with E-state index < -0.39 is 12.1 Å². The molecule has 3 aromatic rings. The monoisotopic (exact) mass is 490 g/mol. The van der Waals surface area contributed by atoms with E-state index >= 15 is 4.39 Å². The molecule has 190 valence electrons. The molecule has 5 nitrogen and oxygen atoms in total. The lowest BCUT2D eigenvalue weighted by Gasteiger charge is -2.41. The summed E-state index contributed by atoms with van der Waals surface area (Å²) < 4.78 is 20.9. The molecule has 0 amide bonds. The number of carboxylic acid groups (broad SMARTS) is 1. The van der Waals surface area contributed by atoms with Crippen LogP contribution in [0.1, 0.15) is 43.0 Å². The van der Waals surface area contributed by atoms with E-state index in [1.54, 1.807) is 19.4 Å². The van der Waals surface area contributed by atoms with Crippen molar-refractivity contribution in [2.45, 2.75) is 44.3 Å². The highest BCUT2D eigenvalue weighted by atomic mass is 19.1.